The molecule has 8 aromatic carbocycles. The van der Waals surface area contributed by atoms with E-state index >= 15 is 0 Å². The van der Waals surface area contributed by atoms with Crippen LogP contribution >= 0.6 is 0 Å². The summed E-state index contributed by atoms with van der Waals surface area (Å²) < 4.78 is 19.4. The number of nitrogens with zero attached hydrogens (tertiary/aromatic N) is 1. The number of fused-ring (bicyclic) bond motifs is 9. The van der Waals surface area contributed by atoms with Crippen molar-refractivity contribution in [3.63, 3.8) is 0 Å². The second kappa shape index (κ2) is 11.2. The zero-order valence-electron chi connectivity index (χ0n) is 27.9. The molecular formula is C48H29NO3. The normalized spacial score (nSPS) is 11.8. The van der Waals surface area contributed by atoms with Crippen LogP contribution in [0.5, 0.6) is 0 Å². The fourth-order valence-corrected chi connectivity index (χ4v) is 7.78. The maximum Gasteiger partial charge on any atom is 0.143 e. The SMILES string of the molecule is c1ccc(N(c2ccccc2)c2ccc3c(c2)oc2c(-c4ccc5c(c4)oc4cc(-c6ccc7oc8ccccc8c7c6)ccc45)cccc23)cc1. The molecule has 4 nitrogen and oxygen atoms in total. The minimum atomic E-state index is 0.843. The Hall–Kier alpha value is -7.04. The van der Waals surface area contributed by atoms with Crippen molar-refractivity contribution in [1.29, 1.82) is 0 Å². The molecule has 244 valence electrons. The van der Waals surface area contributed by atoms with E-state index in [1.165, 1.54) is 0 Å². The maximum atomic E-state index is 6.72. The Morgan fingerprint density at radius 2 is 0.827 bits per heavy atom. The van der Waals surface area contributed by atoms with Gasteiger partial charge >= 0.3 is 0 Å². The number of hydrogen-bond acceptors (Lipinski definition) is 4. The summed E-state index contributed by atoms with van der Waals surface area (Å²) in [6.07, 6.45) is 0. The van der Waals surface area contributed by atoms with Crippen molar-refractivity contribution in [2.45, 2.75) is 0 Å². The third-order valence-corrected chi connectivity index (χ3v) is 10.3. The summed E-state index contributed by atoms with van der Waals surface area (Å²) >= 11 is 0. The first-order chi connectivity index (χ1) is 25.7. The first-order valence-electron chi connectivity index (χ1n) is 17.5. The second-order valence-corrected chi connectivity index (χ2v) is 13.3. The predicted molar refractivity (Wildman–Crippen MR) is 214 cm³/mol. The first kappa shape index (κ1) is 28.8. The highest BCUT2D eigenvalue weighted by atomic mass is 16.3. The standard InChI is InChI=1S/C48H29NO3/c1-3-10-33(11-4-1)49(34-12-5-2-6-13-34)35-21-24-40-41-16-9-15-36(48(41)52-47(40)29-35)32-19-23-39-38-22-18-31(27-45(38)51-46(39)28-32)30-20-25-44-42(26-30)37-14-7-8-17-43(37)50-44/h1-29H. The molecule has 0 unspecified atom stereocenters. The van der Waals surface area contributed by atoms with Crippen LogP contribution < -0.4 is 4.90 Å². The van der Waals surface area contributed by atoms with Gasteiger partial charge in [-0.15, -0.1) is 0 Å². The molecule has 11 aromatic rings. The van der Waals surface area contributed by atoms with Crippen LogP contribution in [0.3, 0.4) is 0 Å². The number of rotatable bonds is 5. The number of benzene rings is 8. The van der Waals surface area contributed by atoms with Crippen LogP contribution in [0.1, 0.15) is 0 Å². The maximum absolute atomic E-state index is 6.72. The van der Waals surface area contributed by atoms with Gasteiger partial charge in [0.15, 0.2) is 0 Å². The molecule has 0 fully saturated rings. The smallest absolute Gasteiger partial charge is 0.143 e. The van der Waals surface area contributed by atoms with Crippen LogP contribution in [-0.4, -0.2) is 0 Å². The number of hydrogen-bond donors (Lipinski definition) is 0. The van der Waals surface area contributed by atoms with Crippen LogP contribution in [0.2, 0.25) is 0 Å². The van der Waals surface area contributed by atoms with Crippen molar-refractivity contribution >= 4 is 82.9 Å². The van der Waals surface area contributed by atoms with Gasteiger partial charge in [-0.25, -0.2) is 0 Å². The highest BCUT2D eigenvalue weighted by molar-refractivity contribution is 6.12. The molecule has 52 heavy (non-hydrogen) atoms. The van der Waals surface area contributed by atoms with E-state index in [1.54, 1.807) is 0 Å². The molecule has 11 rings (SSSR count). The van der Waals surface area contributed by atoms with Gasteiger partial charge in [-0.2, -0.15) is 0 Å². The zero-order valence-corrected chi connectivity index (χ0v) is 27.9. The highest BCUT2D eigenvalue weighted by Crippen LogP contribution is 2.42. The molecule has 4 heteroatoms. The van der Waals surface area contributed by atoms with Crippen molar-refractivity contribution < 1.29 is 13.3 Å². The Kier molecular flexibility index (Phi) is 6.22. The van der Waals surface area contributed by atoms with Crippen molar-refractivity contribution in [2.75, 3.05) is 4.90 Å². The molecule has 0 aliphatic heterocycles. The summed E-state index contributed by atoms with van der Waals surface area (Å²) in [4.78, 5) is 2.26. The van der Waals surface area contributed by atoms with Crippen LogP contribution in [0.4, 0.5) is 17.1 Å². The molecule has 0 amide bonds. The molecule has 0 saturated carbocycles. The Morgan fingerprint density at radius 3 is 1.62 bits per heavy atom. The Balaban J connectivity index is 0.993. The molecule has 0 saturated heterocycles. The van der Waals surface area contributed by atoms with Crippen molar-refractivity contribution in [1.82, 2.24) is 0 Å². The molecule has 0 atom stereocenters. The highest BCUT2D eigenvalue weighted by Gasteiger charge is 2.18. The Morgan fingerprint density at radius 1 is 0.288 bits per heavy atom. The van der Waals surface area contributed by atoms with E-state index in [0.29, 0.717) is 0 Å². The third-order valence-electron chi connectivity index (χ3n) is 10.3. The molecule has 0 N–H and O–H groups in total. The molecule has 0 spiro atoms. The molecule has 0 bridgehead atoms. The fraction of sp³-hybridized carbons (Fsp3) is 0. The lowest BCUT2D eigenvalue weighted by Gasteiger charge is -2.25. The quantitative estimate of drug-likeness (QED) is 0.183. The van der Waals surface area contributed by atoms with E-state index in [-0.39, 0.29) is 0 Å². The van der Waals surface area contributed by atoms with Gasteiger partial charge in [0.25, 0.3) is 0 Å². The topological polar surface area (TPSA) is 42.7 Å². The van der Waals surface area contributed by atoms with Gasteiger partial charge in [0.2, 0.25) is 0 Å². The minimum Gasteiger partial charge on any atom is -0.456 e. The lowest BCUT2D eigenvalue weighted by Crippen LogP contribution is -2.09. The van der Waals surface area contributed by atoms with Gasteiger partial charge < -0.3 is 18.2 Å². The average molecular weight is 668 g/mol. The number of furan rings is 3. The lowest BCUT2D eigenvalue weighted by molar-refractivity contribution is 0.668. The number of anilines is 3. The third kappa shape index (κ3) is 4.48. The van der Waals surface area contributed by atoms with Crippen LogP contribution in [-0.2, 0) is 0 Å². The van der Waals surface area contributed by atoms with E-state index in [4.69, 9.17) is 13.3 Å². The van der Waals surface area contributed by atoms with Crippen LogP contribution in [0.15, 0.2) is 189 Å². The minimum absolute atomic E-state index is 0.843. The molecule has 0 aliphatic rings. The molecule has 3 heterocycles. The molecule has 0 aliphatic carbocycles. The lowest BCUT2D eigenvalue weighted by atomic mass is 9.99. The van der Waals surface area contributed by atoms with E-state index in [2.05, 4.69) is 157 Å². The molecule has 3 aromatic heterocycles. The summed E-state index contributed by atoms with van der Waals surface area (Å²) in [5.74, 6) is 0. The zero-order chi connectivity index (χ0) is 34.2. The van der Waals surface area contributed by atoms with Crippen LogP contribution in [0.25, 0.3) is 88.1 Å². The second-order valence-electron chi connectivity index (χ2n) is 13.3. The monoisotopic (exact) mass is 667 g/mol. The van der Waals surface area contributed by atoms with Gasteiger partial charge in [-0.05, 0) is 95.6 Å². The number of para-hydroxylation sites is 4. The van der Waals surface area contributed by atoms with E-state index in [1.807, 2.05) is 24.3 Å². The summed E-state index contributed by atoms with van der Waals surface area (Å²) in [5, 5.41) is 6.59. The van der Waals surface area contributed by atoms with Gasteiger partial charge in [-0.3, -0.25) is 0 Å². The molecule has 0 radical (unpaired) electrons. The van der Waals surface area contributed by atoms with Crippen molar-refractivity contribution in [3.05, 3.63) is 176 Å². The van der Waals surface area contributed by atoms with Gasteiger partial charge in [0.05, 0.1) is 0 Å². The summed E-state index contributed by atoms with van der Waals surface area (Å²) in [7, 11) is 0. The largest absolute Gasteiger partial charge is 0.456 e. The van der Waals surface area contributed by atoms with E-state index in [0.717, 1.165) is 105 Å². The predicted octanol–water partition coefficient (Wildman–Crippen LogP) is 14.2. The fourth-order valence-electron chi connectivity index (χ4n) is 7.78. The van der Waals surface area contributed by atoms with Gasteiger partial charge in [0, 0.05) is 61.0 Å². The first-order valence-corrected chi connectivity index (χ1v) is 17.5. The van der Waals surface area contributed by atoms with E-state index < -0.39 is 0 Å². The molecular weight excluding hydrogens is 639 g/mol. The van der Waals surface area contributed by atoms with Gasteiger partial charge in [0.1, 0.15) is 33.5 Å². The Labute approximate surface area is 298 Å². The Bertz CT molecular complexity index is 3090. The average Bonchev–Trinajstić information content (AvgIpc) is 3.89. The van der Waals surface area contributed by atoms with Crippen molar-refractivity contribution in [2.24, 2.45) is 0 Å². The summed E-state index contributed by atoms with van der Waals surface area (Å²) in [5.41, 5.74) is 12.7. The van der Waals surface area contributed by atoms with Crippen LogP contribution in [0, 0.1) is 0 Å². The summed E-state index contributed by atoms with van der Waals surface area (Å²) in [6, 6.07) is 61.3. The van der Waals surface area contributed by atoms with Crippen molar-refractivity contribution in [3.8, 4) is 22.3 Å². The van der Waals surface area contributed by atoms with Gasteiger partial charge in [-0.1, -0.05) is 91.0 Å². The van der Waals surface area contributed by atoms with E-state index in [9.17, 15) is 0 Å². The summed E-state index contributed by atoms with van der Waals surface area (Å²) in [6.45, 7) is 0.